The van der Waals surface area contributed by atoms with E-state index in [-0.39, 0.29) is 6.61 Å². The molecule has 25 heavy (non-hydrogen) atoms. The lowest BCUT2D eigenvalue weighted by Gasteiger charge is -2.06. The number of alkyl halides is 3. The largest absolute Gasteiger partial charge is 0.435 e. The number of hydrogen-bond donors (Lipinski definition) is 3. The first-order chi connectivity index (χ1) is 11.9. The zero-order valence-corrected chi connectivity index (χ0v) is 13.2. The quantitative estimate of drug-likeness (QED) is 0.572. The van der Waals surface area contributed by atoms with Crippen LogP contribution in [0.5, 0.6) is 0 Å². The van der Waals surface area contributed by atoms with Gasteiger partial charge < -0.3 is 10.1 Å². The number of aromatic nitrogens is 1. The minimum Gasteiger partial charge on any atom is -0.396 e. The Labute approximate surface area is 141 Å². The van der Waals surface area contributed by atoms with Crippen molar-refractivity contribution in [3.8, 4) is 0 Å². The van der Waals surface area contributed by atoms with Crippen molar-refractivity contribution < 1.29 is 23.1 Å². The fourth-order valence-corrected chi connectivity index (χ4v) is 2.82. The predicted octanol–water partition coefficient (Wildman–Crippen LogP) is 2.91. The van der Waals surface area contributed by atoms with E-state index in [0.717, 1.165) is 16.6 Å². The number of fused-ring (bicyclic) bond motifs is 1. The molecule has 1 aromatic heterocycles. The van der Waals surface area contributed by atoms with Gasteiger partial charge in [-0.15, -0.1) is 0 Å². The molecule has 5 nitrogen and oxygen atoms in total. The standard InChI is InChI=1S/C17H16F3N3O2/c18-17(19,20)15-12(16(25)23-22-15)9-11-10-5-1-2-6-13(10)21-14(11)7-3-4-8-24/h1-2,5-6,9,21,24H,3-4,7-8H2,(H,23,25). The third kappa shape index (κ3) is 3.43. The summed E-state index contributed by atoms with van der Waals surface area (Å²) in [5.74, 6) is -0.876. The Morgan fingerprint density at radius 2 is 1.96 bits per heavy atom. The Balaban J connectivity index is 2.09. The number of aliphatic hydroxyl groups is 1. The van der Waals surface area contributed by atoms with Gasteiger partial charge in [0.1, 0.15) is 0 Å². The van der Waals surface area contributed by atoms with Crippen molar-refractivity contribution in [1.29, 1.82) is 0 Å². The van der Waals surface area contributed by atoms with Gasteiger partial charge in [-0.1, -0.05) is 18.2 Å². The average Bonchev–Trinajstić information content (AvgIpc) is 3.10. The number of amides is 1. The van der Waals surface area contributed by atoms with Crippen molar-refractivity contribution in [2.75, 3.05) is 6.61 Å². The molecule has 0 fully saturated rings. The number of unbranched alkanes of at least 4 members (excludes halogenated alkanes) is 1. The van der Waals surface area contributed by atoms with Crippen molar-refractivity contribution >= 4 is 28.6 Å². The number of hydrogen-bond acceptors (Lipinski definition) is 3. The summed E-state index contributed by atoms with van der Waals surface area (Å²) in [4.78, 5) is 15.0. The molecule has 1 aliphatic heterocycles. The zero-order valence-electron chi connectivity index (χ0n) is 13.2. The number of rotatable bonds is 5. The average molecular weight is 351 g/mol. The maximum Gasteiger partial charge on any atom is 0.435 e. The van der Waals surface area contributed by atoms with Crippen LogP contribution in [0.3, 0.4) is 0 Å². The maximum absolute atomic E-state index is 13.1. The van der Waals surface area contributed by atoms with Crippen molar-refractivity contribution in [2.24, 2.45) is 5.10 Å². The summed E-state index contributed by atoms with van der Waals surface area (Å²) in [6.07, 6.45) is -1.67. The van der Waals surface area contributed by atoms with Crippen LogP contribution in [0.4, 0.5) is 13.2 Å². The highest BCUT2D eigenvalue weighted by atomic mass is 19.4. The molecule has 2 heterocycles. The Hall–Kier alpha value is -2.61. The van der Waals surface area contributed by atoms with Gasteiger partial charge in [0.15, 0.2) is 5.71 Å². The molecule has 1 aromatic carbocycles. The topological polar surface area (TPSA) is 77.5 Å². The van der Waals surface area contributed by atoms with E-state index < -0.39 is 23.4 Å². The third-order valence-electron chi connectivity index (χ3n) is 3.99. The molecular weight excluding hydrogens is 335 g/mol. The number of hydrazone groups is 1. The summed E-state index contributed by atoms with van der Waals surface area (Å²) in [6.45, 7) is 0.0456. The van der Waals surface area contributed by atoms with E-state index in [2.05, 4.69) is 10.1 Å². The Bertz CT molecular complexity index is 866. The van der Waals surface area contributed by atoms with Gasteiger partial charge in [0.25, 0.3) is 5.91 Å². The van der Waals surface area contributed by atoms with E-state index in [9.17, 15) is 18.0 Å². The zero-order chi connectivity index (χ0) is 18.0. The van der Waals surface area contributed by atoms with Gasteiger partial charge in [0, 0.05) is 28.8 Å². The molecule has 2 aromatic rings. The summed E-state index contributed by atoms with van der Waals surface area (Å²) in [6, 6.07) is 7.20. The lowest BCUT2D eigenvalue weighted by Crippen LogP contribution is -2.24. The van der Waals surface area contributed by atoms with E-state index >= 15 is 0 Å². The minimum absolute atomic E-state index is 0.0456. The second kappa shape index (κ2) is 6.72. The highest BCUT2D eigenvalue weighted by Gasteiger charge is 2.43. The Morgan fingerprint density at radius 3 is 2.68 bits per heavy atom. The number of aromatic amines is 1. The molecule has 0 radical (unpaired) electrons. The van der Waals surface area contributed by atoms with E-state index in [0.29, 0.717) is 24.8 Å². The Kier molecular flexibility index (Phi) is 4.63. The molecule has 0 atom stereocenters. The normalized spacial score (nSPS) is 16.6. The molecule has 0 aliphatic carbocycles. The molecule has 0 spiro atoms. The van der Waals surface area contributed by atoms with Crippen LogP contribution in [0.15, 0.2) is 34.9 Å². The fourth-order valence-electron chi connectivity index (χ4n) is 2.82. The first-order valence-corrected chi connectivity index (χ1v) is 7.79. The number of nitrogens with one attached hydrogen (secondary N) is 2. The second-order valence-corrected chi connectivity index (χ2v) is 5.70. The molecule has 3 N–H and O–H groups in total. The number of carbonyl (C=O) groups excluding carboxylic acids is 1. The fraction of sp³-hybridized carbons (Fsp3) is 0.294. The molecule has 1 aliphatic rings. The first-order valence-electron chi connectivity index (χ1n) is 7.79. The van der Waals surface area contributed by atoms with Crippen LogP contribution >= 0.6 is 0 Å². The summed E-state index contributed by atoms with van der Waals surface area (Å²) >= 11 is 0. The van der Waals surface area contributed by atoms with Crippen LogP contribution in [-0.2, 0) is 11.2 Å². The van der Waals surface area contributed by atoms with Crippen LogP contribution in [0.25, 0.3) is 17.0 Å². The van der Waals surface area contributed by atoms with Crippen molar-refractivity contribution in [1.82, 2.24) is 10.4 Å². The lowest BCUT2D eigenvalue weighted by atomic mass is 10.0. The smallest absolute Gasteiger partial charge is 0.396 e. The molecule has 3 rings (SSSR count). The number of para-hydroxylation sites is 1. The van der Waals surface area contributed by atoms with Crippen LogP contribution in [0, 0.1) is 0 Å². The third-order valence-corrected chi connectivity index (χ3v) is 3.99. The van der Waals surface area contributed by atoms with E-state index in [1.165, 1.54) is 6.08 Å². The van der Waals surface area contributed by atoms with Crippen molar-refractivity contribution in [2.45, 2.75) is 25.4 Å². The van der Waals surface area contributed by atoms with Gasteiger partial charge in [-0.05, 0) is 31.4 Å². The molecule has 132 valence electrons. The van der Waals surface area contributed by atoms with E-state index in [4.69, 9.17) is 5.11 Å². The molecule has 0 bridgehead atoms. The van der Waals surface area contributed by atoms with Gasteiger partial charge in [-0.3, -0.25) is 4.79 Å². The minimum atomic E-state index is -4.71. The summed E-state index contributed by atoms with van der Waals surface area (Å²) < 4.78 is 39.2. The number of carbonyl (C=O) groups is 1. The molecule has 8 heteroatoms. The SMILES string of the molecule is O=C1NN=C(C(F)(F)F)C1=Cc1c(CCCCO)[nH]c2ccccc12. The second-order valence-electron chi connectivity index (χ2n) is 5.70. The number of aliphatic hydroxyl groups excluding tert-OH is 1. The molecule has 0 unspecified atom stereocenters. The van der Waals surface area contributed by atoms with Crippen molar-refractivity contribution in [3.63, 3.8) is 0 Å². The number of nitrogens with zero attached hydrogens (tertiary/aromatic N) is 1. The van der Waals surface area contributed by atoms with Crippen LogP contribution < -0.4 is 5.43 Å². The summed E-state index contributed by atoms with van der Waals surface area (Å²) in [5, 5.41) is 12.8. The van der Waals surface area contributed by atoms with Crippen LogP contribution in [0.1, 0.15) is 24.1 Å². The van der Waals surface area contributed by atoms with Gasteiger partial charge in [-0.2, -0.15) is 18.3 Å². The molecule has 0 saturated carbocycles. The van der Waals surface area contributed by atoms with Gasteiger partial charge >= 0.3 is 6.18 Å². The van der Waals surface area contributed by atoms with Gasteiger partial charge in [0.2, 0.25) is 0 Å². The van der Waals surface area contributed by atoms with Gasteiger partial charge in [0.05, 0.1) is 5.57 Å². The first kappa shape index (κ1) is 17.2. The highest BCUT2D eigenvalue weighted by Crippen LogP contribution is 2.30. The van der Waals surface area contributed by atoms with Gasteiger partial charge in [-0.25, -0.2) is 5.43 Å². The Morgan fingerprint density at radius 1 is 1.20 bits per heavy atom. The monoisotopic (exact) mass is 351 g/mol. The van der Waals surface area contributed by atoms with Crippen molar-refractivity contribution in [3.05, 3.63) is 41.1 Å². The molecule has 0 saturated heterocycles. The molecule has 1 amide bonds. The van der Waals surface area contributed by atoms with Crippen LogP contribution in [0.2, 0.25) is 0 Å². The molecular formula is C17H16F3N3O2. The maximum atomic E-state index is 13.1. The number of halogens is 3. The lowest BCUT2D eigenvalue weighted by molar-refractivity contribution is -0.116. The predicted molar refractivity (Wildman–Crippen MR) is 87.9 cm³/mol. The summed E-state index contributed by atoms with van der Waals surface area (Å²) in [7, 11) is 0. The van der Waals surface area contributed by atoms with E-state index in [1.807, 2.05) is 17.6 Å². The number of H-pyrrole nitrogens is 1. The number of aryl methyl sites for hydroxylation is 1. The highest BCUT2D eigenvalue weighted by molar-refractivity contribution is 6.29. The van der Waals surface area contributed by atoms with Crippen LogP contribution in [-0.4, -0.2) is 34.5 Å². The van der Waals surface area contributed by atoms with E-state index in [1.54, 1.807) is 12.1 Å². The summed E-state index contributed by atoms with van der Waals surface area (Å²) in [5.41, 5.74) is 2.20. The number of benzene rings is 1.